The maximum Gasteiger partial charge on any atom is 0.339 e. The second-order valence-electron chi connectivity index (χ2n) is 7.59. The van der Waals surface area contributed by atoms with Crippen LogP contribution in [0.4, 0.5) is 0 Å². The van der Waals surface area contributed by atoms with Gasteiger partial charge in [0, 0.05) is 4.91 Å². The second-order valence-corrected chi connectivity index (χ2v) is 8.68. The molecule has 0 aliphatic carbocycles. The monoisotopic (exact) mass is 529 g/mol. The van der Waals surface area contributed by atoms with Gasteiger partial charge in [0.1, 0.15) is 23.2 Å². The molecule has 1 unspecified atom stereocenters. The van der Waals surface area contributed by atoms with Crippen molar-refractivity contribution in [2.24, 2.45) is 5.11 Å². The highest BCUT2D eigenvalue weighted by Gasteiger charge is 2.39. The van der Waals surface area contributed by atoms with Crippen LogP contribution in [0.3, 0.4) is 0 Å². The summed E-state index contributed by atoms with van der Waals surface area (Å²) in [5.41, 5.74) is 10.1. The maximum absolute atomic E-state index is 12.1. The summed E-state index contributed by atoms with van der Waals surface area (Å²) in [5, 5.41) is 3.55. The number of esters is 1. The zero-order chi connectivity index (χ0) is 26.0. The summed E-state index contributed by atoms with van der Waals surface area (Å²) in [6, 6.07) is 24.5. The Morgan fingerprint density at radius 2 is 1.39 bits per heavy atom. The van der Waals surface area contributed by atoms with E-state index in [2.05, 4.69) is 10.0 Å². The van der Waals surface area contributed by atoms with Gasteiger partial charge in [0.05, 0.1) is 27.4 Å². The zero-order valence-electron chi connectivity index (χ0n) is 19.7. The predicted octanol–water partition coefficient (Wildman–Crippen LogP) is 6.04. The summed E-state index contributed by atoms with van der Waals surface area (Å²) < 4.78 is 22.7. The van der Waals surface area contributed by atoms with E-state index < -0.39 is 22.5 Å². The third-order valence-electron chi connectivity index (χ3n) is 5.47. The van der Waals surface area contributed by atoms with E-state index in [-0.39, 0.29) is 13.2 Å². The lowest BCUT2D eigenvalue weighted by molar-refractivity contribution is -0.151. The minimum atomic E-state index is -1.39. The van der Waals surface area contributed by atoms with Crippen molar-refractivity contribution in [2.45, 2.75) is 16.5 Å². The molecule has 0 fully saturated rings. The van der Waals surface area contributed by atoms with Crippen LogP contribution in [0, 0.1) is 0 Å². The van der Waals surface area contributed by atoms with E-state index in [0.717, 1.165) is 16.7 Å². The van der Waals surface area contributed by atoms with Gasteiger partial charge in [0.15, 0.2) is 0 Å². The van der Waals surface area contributed by atoms with Crippen molar-refractivity contribution in [2.75, 3.05) is 27.4 Å². The number of carbonyl (C=O) groups is 1. The maximum atomic E-state index is 12.1. The molecule has 0 heterocycles. The fourth-order valence-corrected chi connectivity index (χ4v) is 3.86. The lowest BCUT2D eigenvalue weighted by Gasteiger charge is -2.37. The Hall–Kier alpha value is -3.42. The molecule has 3 aromatic rings. The molecule has 0 amide bonds. The SMILES string of the molecule is COc1ccc(C(OCC(CN=[N+]=[N-])OC(=O)C(Cl)Cl)(c2ccccc2)c2ccc(OC)cc2)cc1. The normalized spacial score (nSPS) is 11.9. The molecular formula is C26H25Cl2N3O5. The average Bonchev–Trinajstić information content (AvgIpc) is 2.92. The highest BCUT2D eigenvalue weighted by atomic mass is 35.5. The molecule has 0 spiro atoms. The first-order valence-electron chi connectivity index (χ1n) is 10.9. The number of hydrogen-bond donors (Lipinski definition) is 0. The van der Waals surface area contributed by atoms with E-state index in [1.165, 1.54) is 0 Å². The van der Waals surface area contributed by atoms with E-state index in [1.54, 1.807) is 14.2 Å². The van der Waals surface area contributed by atoms with Gasteiger partial charge < -0.3 is 18.9 Å². The van der Waals surface area contributed by atoms with Gasteiger partial charge in [0.2, 0.25) is 4.84 Å². The van der Waals surface area contributed by atoms with Crippen molar-refractivity contribution in [1.82, 2.24) is 0 Å². The number of benzene rings is 3. The molecule has 3 aromatic carbocycles. The van der Waals surface area contributed by atoms with Gasteiger partial charge in [-0.15, -0.1) is 0 Å². The number of azide groups is 1. The quantitative estimate of drug-likeness (QED) is 0.0710. The molecule has 0 saturated heterocycles. The second kappa shape index (κ2) is 13.0. The first-order valence-corrected chi connectivity index (χ1v) is 11.8. The minimum Gasteiger partial charge on any atom is -0.497 e. The summed E-state index contributed by atoms with van der Waals surface area (Å²) in [6.45, 7) is -0.295. The highest BCUT2D eigenvalue weighted by Crippen LogP contribution is 2.41. The number of rotatable bonds is 12. The Labute approximate surface area is 219 Å². The van der Waals surface area contributed by atoms with Crippen molar-refractivity contribution in [3.8, 4) is 11.5 Å². The van der Waals surface area contributed by atoms with Gasteiger partial charge in [-0.25, -0.2) is 4.79 Å². The molecule has 3 rings (SSSR count). The molecule has 10 heteroatoms. The Balaban J connectivity index is 2.14. The average molecular weight is 530 g/mol. The number of carbonyl (C=O) groups excluding carboxylic acids is 1. The number of nitrogens with zero attached hydrogens (tertiary/aromatic N) is 3. The zero-order valence-corrected chi connectivity index (χ0v) is 21.2. The summed E-state index contributed by atoms with van der Waals surface area (Å²) in [7, 11) is 3.18. The highest BCUT2D eigenvalue weighted by molar-refractivity contribution is 6.52. The van der Waals surface area contributed by atoms with Crippen LogP contribution >= 0.6 is 23.2 Å². The predicted molar refractivity (Wildman–Crippen MR) is 138 cm³/mol. The molecule has 8 nitrogen and oxygen atoms in total. The number of halogens is 2. The summed E-state index contributed by atoms with van der Waals surface area (Å²) in [6.07, 6.45) is -0.937. The molecule has 1 atom stereocenters. The Kier molecular flexibility index (Phi) is 9.85. The Morgan fingerprint density at radius 3 is 1.83 bits per heavy atom. The summed E-state index contributed by atoms with van der Waals surface area (Å²) in [5.74, 6) is 0.501. The smallest absolute Gasteiger partial charge is 0.339 e. The topological polar surface area (TPSA) is 103 Å². The lowest BCUT2D eigenvalue weighted by atomic mass is 9.80. The Morgan fingerprint density at radius 1 is 0.889 bits per heavy atom. The van der Waals surface area contributed by atoms with Gasteiger partial charge >= 0.3 is 5.97 Å². The first-order chi connectivity index (χ1) is 17.4. The van der Waals surface area contributed by atoms with Crippen LogP contribution in [0.15, 0.2) is 84.0 Å². The van der Waals surface area contributed by atoms with E-state index in [4.69, 9.17) is 47.7 Å². The summed E-state index contributed by atoms with van der Waals surface area (Å²) >= 11 is 11.3. The minimum absolute atomic E-state index is 0.127. The van der Waals surface area contributed by atoms with Gasteiger partial charge in [-0.05, 0) is 46.5 Å². The number of methoxy groups -OCH3 is 2. The molecule has 0 aliphatic rings. The van der Waals surface area contributed by atoms with Gasteiger partial charge in [-0.1, -0.05) is 82.9 Å². The van der Waals surface area contributed by atoms with Gasteiger partial charge in [0.25, 0.3) is 0 Å². The van der Waals surface area contributed by atoms with E-state index in [9.17, 15) is 4.79 Å². The van der Waals surface area contributed by atoms with Crippen molar-refractivity contribution in [1.29, 1.82) is 0 Å². The van der Waals surface area contributed by atoms with Crippen molar-refractivity contribution in [3.63, 3.8) is 0 Å². The van der Waals surface area contributed by atoms with Crippen LogP contribution in [-0.2, 0) is 19.9 Å². The van der Waals surface area contributed by atoms with Crippen LogP contribution < -0.4 is 9.47 Å². The standard InChI is InChI=1S/C26H25Cl2N3O5/c1-33-21-12-8-19(9-13-21)26(18-6-4-3-5-7-18,20-10-14-22(34-2)15-11-20)35-17-23(16-30-31-29)36-25(32)24(27)28/h3-15,23-24H,16-17H2,1-2H3. The molecule has 0 aromatic heterocycles. The first kappa shape index (κ1) is 27.2. The van der Waals surface area contributed by atoms with Crippen molar-refractivity contribution >= 4 is 29.2 Å². The van der Waals surface area contributed by atoms with Crippen LogP contribution in [-0.4, -0.2) is 44.3 Å². The molecule has 188 valence electrons. The third-order valence-corrected chi connectivity index (χ3v) is 5.83. The van der Waals surface area contributed by atoms with Crippen LogP contribution in [0.1, 0.15) is 16.7 Å². The number of ether oxygens (including phenoxy) is 4. The van der Waals surface area contributed by atoms with Crippen LogP contribution in [0.5, 0.6) is 11.5 Å². The van der Waals surface area contributed by atoms with Gasteiger partial charge in [-0.3, -0.25) is 0 Å². The summed E-state index contributed by atoms with van der Waals surface area (Å²) in [4.78, 5) is 13.5. The molecule has 36 heavy (non-hydrogen) atoms. The molecule has 0 aliphatic heterocycles. The molecule has 0 N–H and O–H groups in total. The van der Waals surface area contributed by atoms with E-state index in [0.29, 0.717) is 11.5 Å². The molecule has 0 radical (unpaired) electrons. The van der Waals surface area contributed by atoms with Crippen LogP contribution in [0.25, 0.3) is 10.4 Å². The molecule has 0 saturated carbocycles. The van der Waals surface area contributed by atoms with Crippen molar-refractivity contribution in [3.05, 3.63) is 106 Å². The van der Waals surface area contributed by atoms with Crippen molar-refractivity contribution < 1.29 is 23.7 Å². The van der Waals surface area contributed by atoms with Gasteiger partial charge in [-0.2, -0.15) is 0 Å². The number of hydrogen-bond acceptors (Lipinski definition) is 6. The number of alkyl halides is 2. The fraction of sp³-hybridized carbons (Fsp3) is 0.269. The third kappa shape index (κ3) is 6.42. The van der Waals surface area contributed by atoms with Crippen LogP contribution in [0.2, 0.25) is 0 Å². The lowest BCUT2D eigenvalue weighted by Crippen LogP contribution is -2.38. The molecular weight excluding hydrogens is 505 g/mol. The molecule has 0 bridgehead atoms. The van der Waals surface area contributed by atoms with E-state index in [1.807, 2.05) is 78.9 Å². The Bertz CT molecular complexity index is 1120. The van der Waals surface area contributed by atoms with E-state index >= 15 is 0 Å². The fourth-order valence-electron chi connectivity index (χ4n) is 3.76. The largest absolute Gasteiger partial charge is 0.497 e.